The molecule has 1 aromatic rings. The molecule has 0 spiro atoms. The number of para-hydroxylation sites is 1. The first-order chi connectivity index (χ1) is 11.6. The van der Waals surface area contributed by atoms with Crippen LogP contribution in [0.4, 0.5) is 5.69 Å². The molecular weight excluding hydrogens is 334 g/mol. The number of benzene rings is 1. The molecule has 0 atom stereocenters. The summed E-state index contributed by atoms with van der Waals surface area (Å²) in [4.78, 5) is 14.7. The summed E-state index contributed by atoms with van der Waals surface area (Å²) in [6, 6.07) is 8.76. The maximum atomic E-state index is 12.4. The first kappa shape index (κ1) is 20.2. The van der Waals surface area contributed by atoms with Crippen LogP contribution in [0.25, 0.3) is 0 Å². The summed E-state index contributed by atoms with van der Waals surface area (Å²) in [6.45, 7) is 8.04. The van der Waals surface area contributed by atoms with Gasteiger partial charge in [0.05, 0.1) is 6.54 Å². The number of anilines is 1. The topological polar surface area (TPSA) is 44.4 Å². The SMILES string of the molecule is CC(C)c1ccccc1NC(=O)CN1CCC(NCC2CC2)CC1.Cl. The van der Waals surface area contributed by atoms with Crippen LogP contribution in [0.1, 0.15) is 51.0 Å². The third-order valence-corrected chi connectivity index (χ3v) is 5.20. The Morgan fingerprint density at radius 1 is 1.16 bits per heavy atom. The lowest BCUT2D eigenvalue weighted by atomic mass is 10.0. The lowest BCUT2D eigenvalue weighted by molar-refractivity contribution is -0.117. The summed E-state index contributed by atoms with van der Waals surface area (Å²) in [5.41, 5.74) is 2.16. The molecule has 0 bridgehead atoms. The second-order valence-electron chi connectivity index (χ2n) is 7.69. The molecule has 2 N–H and O–H groups in total. The fraction of sp³-hybridized carbons (Fsp3) is 0.650. The van der Waals surface area contributed by atoms with Crippen molar-refractivity contribution in [2.24, 2.45) is 5.92 Å². The van der Waals surface area contributed by atoms with Crippen LogP contribution < -0.4 is 10.6 Å². The van der Waals surface area contributed by atoms with E-state index in [9.17, 15) is 4.79 Å². The Balaban J connectivity index is 0.00000225. The zero-order chi connectivity index (χ0) is 16.9. The number of hydrogen-bond donors (Lipinski definition) is 2. The predicted octanol–water partition coefficient (Wildman–Crippen LogP) is 3.63. The average molecular weight is 366 g/mol. The van der Waals surface area contributed by atoms with Crippen molar-refractivity contribution in [2.75, 3.05) is 31.5 Å². The maximum Gasteiger partial charge on any atom is 0.238 e. The molecule has 25 heavy (non-hydrogen) atoms. The molecule has 5 heteroatoms. The summed E-state index contributed by atoms with van der Waals surface area (Å²) in [7, 11) is 0. The normalized spacial score (nSPS) is 18.8. The number of likely N-dealkylation sites (tertiary alicyclic amines) is 1. The highest BCUT2D eigenvalue weighted by atomic mass is 35.5. The molecule has 140 valence electrons. The van der Waals surface area contributed by atoms with Crippen molar-refractivity contribution in [3.63, 3.8) is 0 Å². The number of hydrogen-bond acceptors (Lipinski definition) is 3. The standard InChI is InChI=1S/C20H31N3O.ClH/c1-15(2)18-5-3-4-6-19(18)22-20(24)14-23-11-9-17(10-12-23)21-13-16-7-8-16;/h3-6,15-17,21H,7-14H2,1-2H3,(H,22,24);1H. The van der Waals surface area contributed by atoms with E-state index in [1.54, 1.807) is 0 Å². The van der Waals surface area contributed by atoms with Gasteiger partial charge in [-0.25, -0.2) is 0 Å². The molecule has 1 aliphatic carbocycles. The van der Waals surface area contributed by atoms with E-state index in [2.05, 4.69) is 35.4 Å². The van der Waals surface area contributed by atoms with Crippen LogP contribution in [0, 0.1) is 5.92 Å². The second-order valence-corrected chi connectivity index (χ2v) is 7.69. The van der Waals surface area contributed by atoms with Gasteiger partial charge in [-0.05, 0) is 55.7 Å². The van der Waals surface area contributed by atoms with E-state index in [1.807, 2.05) is 18.2 Å². The number of amides is 1. The van der Waals surface area contributed by atoms with Crippen molar-refractivity contribution in [3.8, 4) is 0 Å². The summed E-state index contributed by atoms with van der Waals surface area (Å²) in [6.07, 6.45) is 5.12. The zero-order valence-corrected chi connectivity index (χ0v) is 16.3. The summed E-state index contributed by atoms with van der Waals surface area (Å²) >= 11 is 0. The summed E-state index contributed by atoms with van der Waals surface area (Å²) in [5.74, 6) is 1.46. The third kappa shape index (κ3) is 6.28. The van der Waals surface area contributed by atoms with Crippen molar-refractivity contribution in [1.29, 1.82) is 0 Å². The summed E-state index contributed by atoms with van der Waals surface area (Å²) < 4.78 is 0. The van der Waals surface area contributed by atoms with E-state index in [-0.39, 0.29) is 18.3 Å². The van der Waals surface area contributed by atoms with Gasteiger partial charge < -0.3 is 10.6 Å². The van der Waals surface area contributed by atoms with Crippen molar-refractivity contribution in [2.45, 2.75) is 51.5 Å². The molecule has 0 unspecified atom stereocenters. The van der Waals surface area contributed by atoms with Crippen LogP contribution in [0.3, 0.4) is 0 Å². The molecule has 0 radical (unpaired) electrons. The smallest absolute Gasteiger partial charge is 0.238 e. The van der Waals surface area contributed by atoms with Crippen LogP contribution in [-0.2, 0) is 4.79 Å². The molecule has 1 aromatic carbocycles. The van der Waals surface area contributed by atoms with E-state index < -0.39 is 0 Å². The first-order valence-electron chi connectivity index (χ1n) is 9.46. The fourth-order valence-corrected chi connectivity index (χ4v) is 3.46. The number of nitrogens with zero attached hydrogens (tertiary/aromatic N) is 1. The van der Waals surface area contributed by atoms with Crippen LogP contribution in [0.5, 0.6) is 0 Å². The van der Waals surface area contributed by atoms with Gasteiger partial charge in [-0.3, -0.25) is 9.69 Å². The van der Waals surface area contributed by atoms with Gasteiger partial charge in [0.2, 0.25) is 5.91 Å². The molecule has 1 saturated heterocycles. The average Bonchev–Trinajstić information content (AvgIpc) is 3.39. The Labute approximate surface area is 158 Å². The van der Waals surface area contributed by atoms with E-state index >= 15 is 0 Å². The van der Waals surface area contributed by atoms with Crippen molar-refractivity contribution >= 4 is 24.0 Å². The van der Waals surface area contributed by atoms with Gasteiger partial charge in [0.25, 0.3) is 0 Å². The van der Waals surface area contributed by atoms with Crippen LogP contribution in [0.15, 0.2) is 24.3 Å². The van der Waals surface area contributed by atoms with Gasteiger partial charge in [-0.2, -0.15) is 0 Å². The van der Waals surface area contributed by atoms with Gasteiger partial charge in [0, 0.05) is 24.8 Å². The minimum atomic E-state index is 0. The number of carbonyl (C=O) groups is 1. The van der Waals surface area contributed by atoms with Crippen LogP contribution in [0.2, 0.25) is 0 Å². The molecule has 0 aromatic heterocycles. The third-order valence-electron chi connectivity index (χ3n) is 5.20. The lowest BCUT2D eigenvalue weighted by Gasteiger charge is -2.32. The monoisotopic (exact) mass is 365 g/mol. The van der Waals surface area contributed by atoms with Gasteiger partial charge in [0.1, 0.15) is 0 Å². The van der Waals surface area contributed by atoms with Gasteiger partial charge in [-0.15, -0.1) is 12.4 Å². The van der Waals surface area contributed by atoms with Crippen molar-refractivity contribution < 1.29 is 4.79 Å². The Morgan fingerprint density at radius 2 is 1.84 bits per heavy atom. The highest BCUT2D eigenvalue weighted by Gasteiger charge is 2.25. The molecule has 1 amide bonds. The number of rotatable bonds is 7. The largest absolute Gasteiger partial charge is 0.325 e. The van der Waals surface area contributed by atoms with Crippen LogP contribution >= 0.6 is 12.4 Å². The van der Waals surface area contributed by atoms with Crippen molar-refractivity contribution in [1.82, 2.24) is 10.2 Å². The molecule has 1 aliphatic heterocycles. The number of nitrogens with one attached hydrogen (secondary N) is 2. The van der Waals surface area contributed by atoms with Crippen molar-refractivity contribution in [3.05, 3.63) is 29.8 Å². The summed E-state index contributed by atoms with van der Waals surface area (Å²) in [5, 5.41) is 6.79. The van der Waals surface area contributed by atoms with Gasteiger partial charge in [0.15, 0.2) is 0 Å². The zero-order valence-electron chi connectivity index (χ0n) is 15.5. The number of piperidine rings is 1. The maximum absolute atomic E-state index is 12.4. The minimum absolute atomic E-state index is 0. The molecule has 1 saturated carbocycles. The molecule has 2 fully saturated rings. The Bertz CT molecular complexity index is 552. The fourth-order valence-electron chi connectivity index (χ4n) is 3.46. The first-order valence-corrected chi connectivity index (χ1v) is 9.46. The molecule has 1 heterocycles. The highest BCUT2D eigenvalue weighted by Crippen LogP contribution is 2.28. The van der Waals surface area contributed by atoms with E-state index in [1.165, 1.54) is 24.9 Å². The Hall–Kier alpha value is -1.10. The number of halogens is 1. The molecule has 2 aliphatic rings. The van der Waals surface area contributed by atoms with Gasteiger partial charge >= 0.3 is 0 Å². The van der Waals surface area contributed by atoms with E-state index in [4.69, 9.17) is 0 Å². The quantitative estimate of drug-likeness (QED) is 0.775. The lowest BCUT2D eigenvalue weighted by Crippen LogP contribution is -2.45. The van der Waals surface area contributed by atoms with E-state index in [0.29, 0.717) is 18.5 Å². The van der Waals surface area contributed by atoms with Gasteiger partial charge in [-0.1, -0.05) is 32.0 Å². The molecule has 4 nitrogen and oxygen atoms in total. The van der Waals surface area contributed by atoms with E-state index in [0.717, 1.165) is 37.5 Å². The predicted molar refractivity (Wildman–Crippen MR) is 107 cm³/mol. The Morgan fingerprint density at radius 3 is 2.48 bits per heavy atom. The Kier molecular flexibility index (Phi) is 7.73. The molecule has 3 rings (SSSR count). The number of carbonyl (C=O) groups excluding carboxylic acids is 1. The second kappa shape index (κ2) is 9.56. The highest BCUT2D eigenvalue weighted by molar-refractivity contribution is 5.93. The van der Waals surface area contributed by atoms with Crippen LogP contribution in [-0.4, -0.2) is 43.0 Å². The minimum Gasteiger partial charge on any atom is -0.325 e. The molecular formula is C20H32ClN3O.